The predicted octanol–water partition coefficient (Wildman–Crippen LogP) is 7.75. The molecule has 212 valence electrons. The number of hydrogen-bond acceptors (Lipinski definition) is 7. The standard InChI is InChI=1S/C31H25FIN5O3S/c1-3-37-18-19(17-35-37)27-16-23-29(42-27)26(11-13-34-23)41-24-10-9-20(15-22(24)32)36-31(39)28-25(40-2)12-14-38(30(28)33)21-7-5-4-6-8-21/h4-18,30H,3H2,1-2H3,(H,36,39). The van der Waals surface area contributed by atoms with Gasteiger partial charge in [-0.05, 0) is 43.3 Å². The lowest BCUT2D eigenvalue weighted by atomic mass is 10.1. The quantitative estimate of drug-likeness (QED) is 0.102. The number of carbonyl (C=O) groups is 1. The van der Waals surface area contributed by atoms with Crippen LogP contribution in [-0.4, -0.2) is 31.8 Å². The van der Waals surface area contributed by atoms with E-state index in [1.54, 1.807) is 24.4 Å². The summed E-state index contributed by atoms with van der Waals surface area (Å²) < 4.78 is 29.1. The minimum atomic E-state index is -0.611. The van der Waals surface area contributed by atoms with Crippen molar-refractivity contribution in [2.75, 3.05) is 17.3 Å². The Balaban J connectivity index is 1.21. The number of fused-ring (bicyclic) bond motifs is 1. The summed E-state index contributed by atoms with van der Waals surface area (Å²) in [5.41, 5.74) is 3.38. The second-order valence-corrected chi connectivity index (χ2v) is 11.5. The highest BCUT2D eigenvalue weighted by Crippen LogP contribution is 2.40. The second kappa shape index (κ2) is 11.9. The molecular formula is C31H25FIN5O3S. The van der Waals surface area contributed by atoms with Gasteiger partial charge in [0.25, 0.3) is 5.91 Å². The van der Waals surface area contributed by atoms with E-state index in [1.807, 2.05) is 71.5 Å². The first-order valence-corrected chi connectivity index (χ1v) is 15.1. The maximum atomic E-state index is 15.3. The number of thiophene rings is 1. The molecule has 1 amide bonds. The van der Waals surface area contributed by atoms with Gasteiger partial charge in [0.1, 0.15) is 15.6 Å². The largest absolute Gasteiger partial charge is 0.496 e. The van der Waals surface area contributed by atoms with Crippen LogP contribution >= 0.6 is 33.9 Å². The molecule has 0 saturated heterocycles. The summed E-state index contributed by atoms with van der Waals surface area (Å²) in [6.07, 6.45) is 9.05. The highest BCUT2D eigenvalue weighted by Gasteiger charge is 2.31. The fraction of sp³-hybridized carbons (Fsp3) is 0.129. The Morgan fingerprint density at radius 1 is 1.14 bits per heavy atom. The molecule has 11 heteroatoms. The summed E-state index contributed by atoms with van der Waals surface area (Å²) in [7, 11) is 1.52. The van der Waals surface area contributed by atoms with E-state index in [4.69, 9.17) is 9.47 Å². The number of allylic oxidation sites excluding steroid dienone is 1. The minimum Gasteiger partial charge on any atom is -0.496 e. The molecule has 1 N–H and O–H groups in total. The molecule has 0 spiro atoms. The van der Waals surface area contributed by atoms with Crippen molar-refractivity contribution in [3.63, 3.8) is 0 Å². The normalized spacial score (nSPS) is 14.9. The lowest BCUT2D eigenvalue weighted by Crippen LogP contribution is -2.36. The molecule has 6 rings (SSSR count). The molecule has 0 bridgehead atoms. The third-order valence-corrected chi connectivity index (χ3v) is 9.09. The molecule has 3 aromatic heterocycles. The smallest absolute Gasteiger partial charge is 0.258 e. The van der Waals surface area contributed by atoms with Crippen LogP contribution in [0.5, 0.6) is 11.5 Å². The van der Waals surface area contributed by atoms with Crippen LogP contribution < -0.4 is 15.0 Å². The van der Waals surface area contributed by atoms with Crippen molar-refractivity contribution >= 4 is 61.4 Å². The summed E-state index contributed by atoms with van der Waals surface area (Å²) in [5.74, 6) is -0.0298. The number of ether oxygens (including phenoxy) is 2. The van der Waals surface area contributed by atoms with Crippen molar-refractivity contribution in [2.45, 2.75) is 17.5 Å². The average molecular weight is 694 g/mol. The Hall–Kier alpha value is -4.23. The van der Waals surface area contributed by atoms with Gasteiger partial charge < -0.3 is 19.7 Å². The summed E-state index contributed by atoms with van der Waals surface area (Å²) in [4.78, 5) is 20.8. The number of alkyl halides is 1. The first-order chi connectivity index (χ1) is 20.4. The Morgan fingerprint density at radius 2 is 1.98 bits per heavy atom. The van der Waals surface area contributed by atoms with E-state index >= 15 is 4.39 Å². The minimum absolute atomic E-state index is 0.0358. The van der Waals surface area contributed by atoms with Crippen LogP contribution in [0.15, 0.2) is 103 Å². The van der Waals surface area contributed by atoms with Gasteiger partial charge in [0.05, 0.1) is 29.1 Å². The van der Waals surface area contributed by atoms with Crippen LogP contribution in [0.1, 0.15) is 6.92 Å². The number of methoxy groups -OCH3 is 1. The first kappa shape index (κ1) is 27.9. The molecule has 1 aliphatic rings. The number of amides is 1. The maximum absolute atomic E-state index is 15.3. The van der Waals surface area contributed by atoms with E-state index in [2.05, 4.69) is 38.0 Å². The SMILES string of the molecule is CCn1cc(-c2cc3nccc(Oc4ccc(NC(=O)C5=C(OC)C=CN(c6ccccc6)C5I)cc4F)c3s2)cn1. The number of para-hydroxylation sites is 1. The molecule has 1 unspecified atom stereocenters. The number of hydrogen-bond donors (Lipinski definition) is 1. The van der Waals surface area contributed by atoms with Gasteiger partial charge in [0.15, 0.2) is 11.6 Å². The summed E-state index contributed by atoms with van der Waals surface area (Å²) in [6.45, 7) is 2.81. The van der Waals surface area contributed by atoms with Crippen molar-refractivity contribution in [3.05, 3.63) is 109 Å². The van der Waals surface area contributed by atoms with Crippen molar-refractivity contribution < 1.29 is 18.7 Å². The van der Waals surface area contributed by atoms with Gasteiger partial charge >= 0.3 is 0 Å². The molecule has 8 nitrogen and oxygen atoms in total. The Bertz CT molecular complexity index is 1830. The van der Waals surface area contributed by atoms with E-state index in [-0.39, 0.29) is 9.80 Å². The number of halogens is 2. The predicted molar refractivity (Wildman–Crippen MR) is 172 cm³/mol. The van der Waals surface area contributed by atoms with Gasteiger partial charge in [-0.25, -0.2) is 4.39 Å². The average Bonchev–Trinajstić information content (AvgIpc) is 3.66. The number of anilines is 2. The number of pyridine rings is 1. The van der Waals surface area contributed by atoms with Crippen molar-refractivity contribution in [3.8, 4) is 21.9 Å². The highest BCUT2D eigenvalue weighted by molar-refractivity contribution is 14.1. The number of nitrogens with one attached hydrogen (secondary N) is 1. The van der Waals surface area contributed by atoms with Crippen LogP contribution in [0.3, 0.4) is 0 Å². The zero-order valence-electron chi connectivity index (χ0n) is 22.6. The third kappa shape index (κ3) is 5.49. The monoisotopic (exact) mass is 693 g/mol. The second-order valence-electron chi connectivity index (χ2n) is 9.30. The van der Waals surface area contributed by atoms with Gasteiger partial charge in [-0.15, -0.1) is 11.3 Å². The molecule has 0 saturated carbocycles. The number of aryl methyl sites for hydroxylation is 1. The van der Waals surface area contributed by atoms with Gasteiger partial charge in [-0.2, -0.15) is 5.10 Å². The molecule has 0 radical (unpaired) electrons. The summed E-state index contributed by atoms with van der Waals surface area (Å²) >= 11 is 3.70. The molecule has 2 aromatic carbocycles. The van der Waals surface area contributed by atoms with E-state index in [0.717, 1.165) is 32.9 Å². The van der Waals surface area contributed by atoms with Crippen LogP contribution in [-0.2, 0) is 16.1 Å². The fourth-order valence-corrected chi connectivity index (χ4v) is 6.70. The number of carbonyl (C=O) groups excluding carboxylic acids is 1. The zero-order valence-corrected chi connectivity index (χ0v) is 25.6. The maximum Gasteiger partial charge on any atom is 0.258 e. The zero-order chi connectivity index (χ0) is 29.2. The number of benzene rings is 2. The topological polar surface area (TPSA) is 81.5 Å². The summed E-state index contributed by atoms with van der Waals surface area (Å²) in [6, 6.07) is 17.8. The van der Waals surface area contributed by atoms with Gasteiger partial charge in [0.2, 0.25) is 0 Å². The Kier molecular flexibility index (Phi) is 7.94. The first-order valence-electron chi connectivity index (χ1n) is 13.1. The number of rotatable bonds is 8. The van der Waals surface area contributed by atoms with Crippen molar-refractivity contribution in [1.29, 1.82) is 0 Å². The molecule has 42 heavy (non-hydrogen) atoms. The molecular weight excluding hydrogens is 668 g/mol. The van der Waals surface area contributed by atoms with E-state index in [1.165, 1.54) is 30.6 Å². The Labute approximate surface area is 259 Å². The molecule has 0 fully saturated rings. The van der Waals surface area contributed by atoms with Gasteiger partial charge in [-0.3, -0.25) is 14.5 Å². The lowest BCUT2D eigenvalue weighted by Gasteiger charge is -2.31. The molecule has 5 aromatic rings. The van der Waals surface area contributed by atoms with Gasteiger partial charge in [-0.1, -0.05) is 40.8 Å². The molecule has 1 atom stereocenters. The molecule has 4 heterocycles. The van der Waals surface area contributed by atoms with E-state index < -0.39 is 11.7 Å². The molecule has 1 aliphatic heterocycles. The molecule has 0 aliphatic carbocycles. The summed E-state index contributed by atoms with van der Waals surface area (Å²) in [5, 5.41) is 7.16. The number of nitrogens with zero attached hydrogens (tertiary/aromatic N) is 4. The van der Waals surface area contributed by atoms with Crippen LogP contribution in [0.2, 0.25) is 0 Å². The van der Waals surface area contributed by atoms with Crippen LogP contribution in [0, 0.1) is 5.82 Å². The highest BCUT2D eigenvalue weighted by atomic mass is 127. The lowest BCUT2D eigenvalue weighted by molar-refractivity contribution is -0.113. The third-order valence-electron chi connectivity index (χ3n) is 6.68. The Morgan fingerprint density at radius 3 is 2.71 bits per heavy atom. The van der Waals surface area contributed by atoms with Gasteiger partial charge in [0, 0.05) is 59.1 Å². The van der Waals surface area contributed by atoms with Crippen LogP contribution in [0.4, 0.5) is 15.8 Å². The fourth-order valence-electron chi connectivity index (χ4n) is 4.56. The van der Waals surface area contributed by atoms with E-state index in [9.17, 15) is 4.79 Å². The van der Waals surface area contributed by atoms with E-state index in [0.29, 0.717) is 22.8 Å². The van der Waals surface area contributed by atoms with Crippen molar-refractivity contribution in [2.24, 2.45) is 0 Å². The van der Waals surface area contributed by atoms with Crippen molar-refractivity contribution in [1.82, 2.24) is 14.8 Å². The number of aromatic nitrogens is 3. The van der Waals surface area contributed by atoms with Crippen LogP contribution in [0.25, 0.3) is 20.7 Å².